The number of carbonyl (C=O) groups is 1. The lowest BCUT2D eigenvalue weighted by Gasteiger charge is -2.31. The van der Waals surface area contributed by atoms with E-state index in [-0.39, 0.29) is 11.7 Å². The number of amides is 1. The van der Waals surface area contributed by atoms with Crippen molar-refractivity contribution >= 4 is 17.4 Å². The average molecular weight is 527 g/mol. The molecule has 0 radical (unpaired) electrons. The van der Waals surface area contributed by atoms with Crippen molar-refractivity contribution in [3.05, 3.63) is 47.7 Å². The highest BCUT2D eigenvalue weighted by Gasteiger charge is 2.23. The standard InChI is InChI=1S/C21H29N5O3.C7H13NO/c1-15-3-4-16(27)13-19(15)26-7-5-17-18(14-26)23-21(24-20(17)22)29-10-2-6-25-8-11-28-12-9-25;1-4-7(9)8(5-2)6-3/h3-4,13,27H,2,5-12,14H2,1H3,(H2,22,23,24);4H,1,5-6H2,2-3H3. The van der Waals surface area contributed by atoms with Crippen molar-refractivity contribution in [3.8, 4) is 11.8 Å². The molecule has 3 heterocycles. The number of morpholine rings is 1. The molecule has 2 aliphatic heterocycles. The van der Waals surface area contributed by atoms with Gasteiger partial charge < -0.3 is 30.1 Å². The second-order valence-corrected chi connectivity index (χ2v) is 9.33. The lowest BCUT2D eigenvalue weighted by Crippen LogP contribution is -2.37. The van der Waals surface area contributed by atoms with E-state index in [9.17, 15) is 9.90 Å². The predicted octanol–water partition coefficient (Wildman–Crippen LogP) is 2.78. The first-order valence-electron chi connectivity index (χ1n) is 13.4. The van der Waals surface area contributed by atoms with Crippen LogP contribution in [-0.4, -0.2) is 89.9 Å². The summed E-state index contributed by atoms with van der Waals surface area (Å²) < 4.78 is 11.2. The van der Waals surface area contributed by atoms with Crippen LogP contribution in [0.5, 0.6) is 11.8 Å². The summed E-state index contributed by atoms with van der Waals surface area (Å²) in [6.45, 7) is 17.4. The van der Waals surface area contributed by atoms with Crippen LogP contribution in [0.4, 0.5) is 11.5 Å². The molecule has 10 heteroatoms. The van der Waals surface area contributed by atoms with Crippen molar-refractivity contribution in [3.63, 3.8) is 0 Å². The molecule has 4 rings (SSSR count). The highest BCUT2D eigenvalue weighted by Crippen LogP contribution is 2.31. The number of nitrogens with two attached hydrogens (primary N) is 1. The molecule has 3 N–H and O–H groups in total. The normalized spacial score (nSPS) is 15.2. The number of fused-ring (bicyclic) bond motifs is 1. The van der Waals surface area contributed by atoms with E-state index >= 15 is 0 Å². The third kappa shape index (κ3) is 8.06. The Morgan fingerprint density at radius 2 is 1.97 bits per heavy atom. The minimum absolute atomic E-state index is 0.0139. The number of phenolic OH excluding ortho intramolecular Hbond substituents is 1. The van der Waals surface area contributed by atoms with Crippen LogP contribution < -0.4 is 15.4 Å². The first kappa shape index (κ1) is 29.2. The summed E-state index contributed by atoms with van der Waals surface area (Å²) in [4.78, 5) is 26.1. The smallest absolute Gasteiger partial charge is 0.318 e. The average Bonchev–Trinajstić information content (AvgIpc) is 2.93. The lowest BCUT2D eigenvalue weighted by molar-refractivity contribution is -0.125. The predicted molar refractivity (Wildman–Crippen MR) is 150 cm³/mol. The van der Waals surface area contributed by atoms with Gasteiger partial charge in [0.05, 0.1) is 32.1 Å². The topological polar surface area (TPSA) is 117 Å². The summed E-state index contributed by atoms with van der Waals surface area (Å²) in [6.07, 6.45) is 3.02. The SMILES string of the molecule is C=CC(=O)N(CC)CC.Cc1ccc(O)cc1N1CCc2c(N)nc(OCCCN3CCOCC3)nc2C1. The van der Waals surface area contributed by atoms with Gasteiger partial charge >= 0.3 is 6.01 Å². The molecule has 1 saturated heterocycles. The molecule has 208 valence electrons. The number of hydrogen-bond donors (Lipinski definition) is 2. The molecule has 38 heavy (non-hydrogen) atoms. The summed E-state index contributed by atoms with van der Waals surface area (Å²) in [5, 5.41) is 9.86. The molecule has 10 nitrogen and oxygen atoms in total. The van der Waals surface area contributed by atoms with Crippen molar-refractivity contribution in [1.82, 2.24) is 19.8 Å². The van der Waals surface area contributed by atoms with E-state index in [1.54, 1.807) is 17.0 Å². The molecule has 0 bridgehead atoms. The number of ether oxygens (including phenoxy) is 2. The van der Waals surface area contributed by atoms with E-state index in [4.69, 9.17) is 15.2 Å². The fourth-order valence-electron chi connectivity index (χ4n) is 4.59. The zero-order valence-corrected chi connectivity index (χ0v) is 23.0. The molecule has 1 aromatic heterocycles. The molecule has 0 aliphatic carbocycles. The monoisotopic (exact) mass is 526 g/mol. The second kappa shape index (κ2) is 14.5. The van der Waals surface area contributed by atoms with Crippen molar-refractivity contribution in [1.29, 1.82) is 0 Å². The Hall–Kier alpha value is -3.37. The van der Waals surface area contributed by atoms with Crippen LogP contribution in [0.15, 0.2) is 30.9 Å². The van der Waals surface area contributed by atoms with Gasteiger partial charge in [-0.1, -0.05) is 12.6 Å². The number of carbonyl (C=O) groups excluding carboxylic acids is 1. The van der Waals surface area contributed by atoms with Crippen LogP contribution in [-0.2, 0) is 22.5 Å². The maximum Gasteiger partial charge on any atom is 0.318 e. The number of anilines is 2. The molecule has 0 atom stereocenters. The van der Waals surface area contributed by atoms with E-state index < -0.39 is 0 Å². The molecule has 1 amide bonds. The molecule has 1 aromatic carbocycles. The van der Waals surface area contributed by atoms with Gasteiger partial charge in [0.2, 0.25) is 5.91 Å². The largest absolute Gasteiger partial charge is 0.508 e. The van der Waals surface area contributed by atoms with Crippen LogP contribution in [0.2, 0.25) is 0 Å². The highest BCUT2D eigenvalue weighted by molar-refractivity contribution is 5.86. The van der Waals surface area contributed by atoms with Crippen molar-refractivity contribution in [2.45, 2.75) is 40.2 Å². The second-order valence-electron chi connectivity index (χ2n) is 9.33. The Morgan fingerprint density at radius 1 is 1.24 bits per heavy atom. The molecular formula is C28H42N6O4. The fraction of sp³-hybridized carbons (Fsp3) is 0.536. The number of nitrogen functional groups attached to an aromatic ring is 1. The van der Waals surface area contributed by atoms with E-state index in [2.05, 4.69) is 26.3 Å². The number of rotatable bonds is 9. The van der Waals surface area contributed by atoms with E-state index in [0.717, 1.165) is 87.8 Å². The summed E-state index contributed by atoms with van der Waals surface area (Å²) in [6, 6.07) is 5.78. The Kier molecular flexibility index (Phi) is 11.2. The van der Waals surface area contributed by atoms with Gasteiger partial charge in [0, 0.05) is 56.6 Å². The van der Waals surface area contributed by atoms with E-state index in [1.807, 2.05) is 26.8 Å². The lowest BCUT2D eigenvalue weighted by atomic mass is 10.0. The van der Waals surface area contributed by atoms with Crippen molar-refractivity contribution in [2.75, 3.05) is 69.7 Å². The molecule has 2 aromatic rings. The first-order chi connectivity index (χ1) is 18.4. The molecule has 0 saturated carbocycles. The number of phenols is 1. The number of aromatic hydroxyl groups is 1. The van der Waals surface area contributed by atoms with Gasteiger partial charge in [0.25, 0.3) is 0 Å². The van der Waals surface area contributed by atoms with Crippen LogP contribution in [0.3, 0.4) is 0 Å². The Labute approximate surface area is 226 Å². The molecule has 1 fully saturated rings. The minimum atomic E-state index is 0.0139. The number of nitrogens with zero attached hydrogens (tertiary/aromatic N) is 5. The third-order valence-electron chi connectivity index (χ3n) is 6.81. The van der Waals surface area contributed by atoms with E-state index in [0.29, 0.717) is 25.0 Å². The van der Waals surface area contributed by atoms with E-state index in [1.165, 1.54) is 6.08 Å². The molecule has 0 unspecified atom stereocenters. The zero-order chi connectivity index (χ0) is 27.5. The summed E-state index contributed by atoms with van der Waals surface area (Å²) in [5.41, 5.74) is 10.2. The van der Waals surface area contributed by atoms with Crippen LogP contribution in [0, 0.1) is 6.92 Å². The van der Waals surface area contributed by atoms with Crippen LogP contribution in [0.1, 0.15) is 37.1 Å². The number of likely N-dealkylation sites (N-methyl/N-ethyl adjacent to an activating group) is 1. The maximum absolute atomic E-state index is 10.8. The number of aromatic nitrogens is 2. The van der Waals surface area contributed by atoms with Crippen LogP contribution >= 0.6 is 0 Å². The van der Waals surface area contributed by atoms with Gasteiger partial charge in [-0.05, 0) is 51.3 Å². The number of hydrogen-bond acceptors (Lipinski definition) is 9. The van der Waals surface area contributed by atoms with Crippen molar-refractivity contribution < 1.29 is 19.4 Å². The van der Waals surface area contributed by atoms with Gasteiger partial charge in [-0.25, -0.2) is 0 Å². The molecule has 0 spiro atoms. The Bertz CT molecular complexity index is 1070. The number of aryl methyl sites for hydroxylation is 1. The Balaban J connectivity index is 0.000000383. The number of benzene rings is 1. The molecule has 2 aliphatic rings. The van der Waals surface area contributed by atoms with Crippen LogP contribution in [0.25, 0.3) is 0 Å². The minimum Gasteiger partial charge on any atom is -0.508 e. The zero-order valence-electron chi connectivity index (χ0n) is 23.0. The quantitative estimate of drug-likeness (QED) is 0.376. The van der Waals surface area contributed by atoms with Crippen molar-refractivity contribution in [2.24, 2.45) is 0 Å². The highest BCUT2D eigenvalue weighted by atomic mass is 16.5. The van der Waals surface area contributed by atoms with Gasteiger partial charge in [-0.3, -0.25) is 9.69 Å². The summed E-state index contributed by atoms with van der Waals surface area (Å²) in [7, 11) is 0. The van der Waals surface area contributed by atoms with Gasteiger partial charge in [-0.2, -0.15) is 9.97 Å². The fourth-order valence-corrected chi connectivity index (χ4v) is 4.59. The Morgan fingerprint density at radius 3 is 2.63 bits per heavy atom. The van der Waals surface area contributed by atoms with Gasteiger partial charge in [0.1, 0.15) is 11.6 Å². The summed E-state index contributed by atoms with van der Waals surface area (Å²) >= 11 is 0. The maximum atomic E-state index is 10.8. The van der Waals surface area contributed by atoms with Gasteiger partial charge in [0.15, 0.2) is 0 Å². The summed E-state index contributed by atoms with van der Waals surface area (Å²) in [5.74, 6) is 0.786. The van der Waals surface area contributed by atoms with Gasteiger partial charge in [-0.15, -0.1) is 0 Å². The third-order valence-corrected chi connectivity index (χ3v) is 6.81. The first-order valence-corrected chi connectivity index (χ1v) is 13.4. The molecular weight excluding hydrogens is 484 g/mol.